The first-order valence-corrected chi connectivity index (χ1v) is 8.02. The van der Waals surface area contributed by atoms with Gasteiger partial charge in [-0.05, 0) is 36.4 Å². The maximum absolute atomic E-state index is 14.3. The zero-order chi connectivity index (χ0) is 16.7. The Morgan fingerprint density at radius 2 is 2.08 bits per heavy atom. The van der Waals surface area contributed by atoms with Crippen LogP contribution in [0.2, 0.25) is 5.02 Å². The molecule has 5 nitrogen and oxygen atoms in total. The number of hydrogen-bond acceptors (Lipinski definition) is 5. The molecule has 4 aromatic rings. The minimum atomic E-state index is -0.397. The lowest BCUT2D eigenvalue weighted by Crippen LogP contribution is -1.88. The fraction of sp³-hybridized carbons (Fsp3) is 0. The third kappa shape index (κ3) is 2.42. The molecule has 0 atom stereocenters. The van der Waals surface area contributed by atoms with Crippen molar-refractivity contribution in [3.8, 4) is 27.9 Å². The second kappa shape index (κ2) is 5.67. The average molecular weight is 356 g/mol. The Bertz CT molecular complexity index is 1110. The van der Waals surface area contributed by atoms with Crippen LogP contribution in [0.25, 0.3) is 32.0 Å². The van der Waals surface area contributed by atoms with E-state index in [1.165, 1.54) is 17.4 Å². The van der Waals surface area contributed by atoms with Crippen LogP contribution in [0.15, 0.2) is 36.4 Å². The number of nitriles is 1. The first kappa shape index (κ1) is 14.8. The quantitative estimate of drug-likeness (QED) is 0.577. The number of aromatic nitrogens is 4. The highest BCUT2D eigenvalue weighted by molar-refractivity contribution is 7.21. The van der Waals surface area contributed by atoms with E-state index in [2.05, 4.69) is 20.4 Å². The van der Waals surface area contributed by atoms with Gasteiger partial charge in [0.25, 0.3) is 0 Å². The lowest BCUT2D eigenvalue weighted by atomic mass is 10.1. The smallest absolute Gasteiger partial charge is 0.163 e. The van der Waals surface area contributed by atoms with Gasteiger partial charge in [-0.1, -0.05) is 16.8 Å². The van der Waals surface area contributed by atoms with Gasteiger partial charge < -0.3 is 0 Å². The first-order chi connectivity index (χ1) is 11.7. The fourth-order valence-electron chi connectivity index (χ4n) is 2.36. The van der Waals surface area contributed by atoms with Crippen molar-refractivity contribution < 1.29 is 4.39 Å². The van der Waals surface area contributed by atoms with Crippen LogP contribution in [0, 0.1) is 17.1 Å². The summed E-state index contributed by atoms with van der Waals surface area (Å²) in [5, 5.41) is 20.2. The molecule has 1 N–H and O–H groups in total. The largest absolute Gasteiger partial charge is 0.247 e. The molecule has 2 aromatic heterocycles. The summed E-state index contributed by atoms with van der Waals surface area (Å²) in [6.45, 7) is 0. The Morgan fingerprint density at radius 1 is 1.21 bits per heavy atom. The molecule has 0 radical (unpaired) electrons. The Balaban J connectivity index is 1.88. The van der Waals surface area contributed by atoms with Gasteiger partial charge in [-0.2, -0.15) is 5.26 Å². The number of rotatable bonds is 2. The van der Waals surface area contributed by atoms with Gasteiger partial charge in [-0.15, -0.1) is 16.4 Å². The van der Waals surface area contributed by atoms with Gasteiger partial charge in [-0.3, -0.25) is 0 Å². The van der Waals surface area contributed by atoms with Crippen molar-refractivity contribution in [2.75, 3.05) is 0 Å². The summed E-state index contributed by atoms with van der Waals surface area (Å²) in [5.74, 6) is -0.397. The zero-order valence-corrected chi connectivity index (χ0v) is 13.5. The molecule has 24 heavy (non-hydrogen) atoms. The third-order valence-electron chi connectivity index (χ3n) is 3.48. The highest BCUT2D eigenvalue weighted by Crippen LogP contribution is 2.35. The van der Waals surface area contributed by atoms with E-state index >= 15 is 0 Å². The summed E-state index contributed by atoms with van der Waals surface area (Å²) in [6.07, 6.45) is 0. The fourth-order valence-corrected chi connectivity index (χ4v) is 3.62. The molecular weight excluding hydrogens is 349 g/mol. The molecule has 0 aliphatic rings. The van der Waals surface area contributed by atoms with E-state index in [0.717, 1.165) is 10.2 Å². The average Bonchev–Trinajstić information content (AvgIpc) is 3.21. The number of H-pyrrole nitrogens is 1. The van der Waals surface area contributed by atoms with Gasteiger partial charge in [0.1, 0.15) is 22.6 Å². The normalized spacial score (nSPS) is 10.9. The highest BCUT2D eigenvalue weighted by Gasteiger charge is 2.15. The molecule has 0 fully saturated rings. The second-order valence-electron chi connectivity index (χ2n) is 4.97. The number of fused-ring (bicyclic) bond motifs is 1. The molecule has 0 aliphatic carbocycles. The Kier molecular flexibility index (Phi) is 3.49. The lowest BCUT2D eigenvalue weighted by Gasteiger charge is -2.02. The minimum Gasteiger partial charge on any atom is -0.247 e. The highest BCUT2D eigenvalue weighted by atomic mass is 35.5. The molecular formula is C16H7ClFN5S. The van der Waals surface area contributed by atoms with Crippen LogP contribution in [0.4, 0.5) is 4.39 Å². The van der Waals surface area contributed by atoms with Crippen molar-refractivity contribution in [1.82, 2.24) is 20.4 Å². The first-order valence-electron chi connectivity index (χ1n) is 6.83. The van der Waals surface area contributed by atoms with E-state index in [9.17, 15) is 4.39 Å². The molecule has 8 heteroatoms. The van der Waals surface area contributed by atoms with Crippen molar-refractivity contribution in [2.24, 2.45) is 0 Å². The molecule has 2 heterocycles. The standard InChI is InChI=1S/C16H7ClFN5S/c17-9-2-4-12-14(6-9)24-16(20-12)10-5-8(1-3-11(10)18)15-13(7-19)21-23-22-15/h1-6H,(H,21,22,23). The zero-order valence-electron chi connectivity index (χ0n) is 11.9. The maximum Gasteiger partial charge on any atom is 0.163 e. The van der Waals surface area contributed by atoms with Crippen LogP contribution in [-0.4, -0.2) is 20.4 Å². The Hall–Kier alpha value is -2.82. The van der Waals surface area contributed by atoms with Crippen molar-refractivity contribution >= 4 is 33.2 Å². The van der Waals surface area contributed by atoms with Gasteiger partial charge >= 0.3 is 0 Å². The topological polar surface area (TPSA) is 78.2 Å². The number of hydrogen-bond donors (Lipinski definition) is 1. The second-order valence-corrected chi connectivity index (χ2v) is 6.44. The van der Waals surface area contributed by atoms with Crippen LogP contribution >= 0.6 is 22.9 Å². The molecule has 0 spiro atoms. The molecule has 0 amide bonds. The molecule has 0 saturated carbocycles. The van der Waals surface area contributed by atoms with Gasteiger partial charge in [0.2, 0.25) is 0 Å². The van der Waals surface area contributed by atoms with Crippen LogP contribution in [-0.2, 0) is 0 Å². The van der Waals surface area contributed by atoms with Gasteiger partial charge in [0, 0.05) is 16.1 Å². The Morgan fingerprint density at radius 3 is 2.92 bits per heavy atom. The summed E-state index contributed by atoms with van der Waals surface area (Å²) in [4.78, 5) is 4.46. The predicted molar refractivity (Wildman–Crippen MR) is 90.1 cm³/mol. The van der Waals surface area contributed by atoms with Crippen molar-refractivity contribution in [3.05, 3.63) is 52.9 Å². The summed E-state index contributed by atoms with van der Waals surface area (Å²) < 4.78 is 15.2. The minimum absolute atomic E-state index is 0.226. The Labute approximate surface area is 144 Å². The molecule has 2 aromatic carbocycles. The van der Waals surface area contributed by atoms with Crippen molar-refractivity contribution in [2.45, 2.75) is 0 Å². The summed E-state index contributed by atoms with van der Waals surface area (Å²) in [7, 11) is 0. The van der Waals surface area contributed by atoms with Gasteiger partial charge in [0.15, 0.2) is 5.69 Å². The molecule has 0 saturated heterocycles. The number of halogens is 2. The summed E-state index contributed by atoms with van der Waals surface area (Å²) in [5.41, 5.74) is 2.29. The number of aromatic amines is 1. The van der Waals surface area contributed by atoms with E-state index in [1.54, 1.807) is 30.3 Å². The van der Waals surface area contributed by atoms with E-state index in [1.807, 2.05) is 6.07 Å². The molecule has 0 unspecified atom stereocenters. The molecule has 0 aliphatic heterocycles. The number of nitrogens with one attached hydrogen (secondary N) is 1. The van der Waals surface area contributed by atoms with Crippen LogP contribution < -0.4 is 0 Å². The van der Waals surface area contributed by atoms with E-state index in [-0.39, 0.29) is 5.69 Å². The SMILES string of the molecule is N#Cc1[nH]nnc1-c1ccc(F)c(-c2nc3ccc(Cl)cc3s2)c1. The predicted octanol–water partition coefficient (Wildman–Crippen LogP) is 4.41. The summed E-state index contributed by atoms with van der Waals surface area (Å²) >= 11 is 7.34. The monoisotopic (exact) mass is 355 g/mol. The molecule has 0 bridgehead atoms. The maximum atomic E-state index is 14.3. The molecule has 4 rings (SSSR count). The van der Waals surface area contributed by atoms with E-state index in [4.69, 9.17) is 16.9 Å². The third-order valence-corrected chi connectivity index (χ3v) is 4.77. The summed E-state index contributed by atoms with van der Waals surface area (Å²) in [6, 6.07) is 11.8. The van der Waals surface area contributed by atoms with Crippen molar-refractivity contribution in [3.63, 3.8) is 0 Å². The number of thiazole rings is 1. The van der Waals surface area contributed by atoms with E-state index < -0.39 is 5.82 Å². The number of nitrogens with zero attached hydrogens (tertiary/aromatic N) is 4. The van der Waals surface area contributed by atoms with Crippen LogP contribution in [0.3, 0.4) is 0 Å². The van der Waals surface area contributed by atoms with Gasteiger partial charge in [-0.25, -0.2) is 14.5 Å². The molecule has 116 valence electrons. The van der Waals surface area contributed by atoms with Crippen LogP contribution in [0.1, 0.15) is 5.69 Å². The van der Waals surface area contributed by atoms with E-state index in [0.29, 0.717) is 26.9 Å². The van der Waals surface area contributed by atoms with Crippen LogP contribution in [0.5, 0.6) is 0 Å². The van der Waals surface area contributed by atoms with Gasteiger partial charge in [0.05, 0.1) is 10.2 Å². The number of benzene rings is 2. The van der Waals surface area contributed by atoms with Crippen molar-refractivity contribution in [1.29, 1.82) is 5.26 Å². The lowest BCUT2D eigenvalue weighted by molar-refractivity contribution is 0.631.